The van der Waals surface area contributed by atoms with Crippen LogP contribution in [0.15, 0.2) is 6.07 Å². The Hall–Kier alpha value is -1.36. The Kier molecular flexibility index (Phi) is 4.69. The third-order valence-electron chi connectivity index (χ3n) is 2.24. The van der Waals surface area contributed by atoms with Gasteiger partial charge < -0.3 is 9.84 Å². The van der Waals surface area contributed by atoms with Crippen molar-refractivity contribution in [3.8, 4) is 5.75 Å². The Morgan fingerprint density at radius 2 is 2.18 bits per heavy atom. The van der Waals surface area contributed by atoms with Crippen LogP contribution in [0.3, 0.4) is 0 Å². The number of carboxylic acid groups (broad SMARTS) is 1. The van der Waals surface area contributed by atoms with Crippen molar-refractivity contribution in [1.29, 1.82) is 0 Å². The van der Waals surface area contributed by atoms with E-state index in [1.165, 1.54) is 7.11 Å². The first-order valence-electron chi connectivity index (χ1n) is 4.89. The Labute approximate surface area is 102 Å². The number of hydrogen-bond acceptors (Lipinski definition) is 2. The monoisotopic (exact) mass is 264 g/mol. The van der Waals surface area contributed by atoms with Crippen molar-refractivity contribution in [3.05, 3.63) is 28.3 Å². The summed E-state index contributed by atoms with van der Waals surface area (Å²) < 4.78 is 31.5. The molecule has 0 bridgehead atoms. The Bertz CT molecular complexity index is 435. The molecule has 1 aromatic rings. The Morgan fingerprint density at radius 3 is 2.71 bits per heavy atom. The van der Waals surface area contributed by atoms with Crippen molar-refractivity contribution in [3.63, 3.8) is 0 Å². The normalized spacial score (nSPS) is 10.4. The predicted octanol–water partition coefficient (Wildman–Crippen LogP) is 3.03. The summed E-state index contributed by atoms with van der Waals surface area (Å²) in [5, 5.41) is 8.44. The molecule has 94 valence electrons. The molecule has 0 saturated heterocycles. The molecular formula is C11H11ClF2O3. The van der Waals surface area contributed by atoms with Crippen LogP contribution in [0.2, 0.25) is 5.02 Å². The van der Waals surface area contributed by atoms with E-state index >= 15 is 0 Å². The lowest BCUT2D eigenvalue weighted by molar-refractivity contribution is -0.137. The van der Waals surface area contributed by atoms with Crippen molar-refractivity contribution in [2.45, 2.75) is 19.3 Å². The maximum atomic E-state index is 13.5. The number of carbonyl (C=O) groups is 1. The van der Waals surface area contributed by atoms with Gasteiger partial charge in [-0.1, -0.05) is 11.6 Å². The fourth-order valence-corrected chi connectivity index (χ4v) is 1.78. The fraction of sp³-hybridized carbons (Fsp3) is 0.364. The van der Waals surface area contributed by atoms with Crippen LogP contribution in [0.5, 0.6) is 5.75 Å². The highest BCUT2D eigenvalue weighted by Gasteiger charge is 2.18. The highest BCUT2D eigenvalue weighted by molar-refractivity contribution is 6.32. The zero-order chi connectivity index (χ0) is 13.0. The predicted molar refractivity (Wildman–Crippen MR) is 58.5 cm³/mol. The SMILES string of the molecule is COc1c(Cl)cc(F)c(F)c1CCCC(=O)O. The first-order chi connectivity index (χ1) is 7.97. The molecule has 0 aromatic heterocycles. The van der Waals surface area contributed by atoms with Gasteiger partial charge in [-0.05, 0) is 18.9 Å². The molecule has 1 aromatic carbocycles. The topological polar surface area (TPSA) is 46.5 Å². The van der Waals surface area contributed by atoms with Crippen LogP contribution in [0.1, 0.15) is 18.4 Å². The number of hydrogen-bond donors (Lipinski definition) is 1. The number of halogens is 3. The molecule has 0 aliphatic heterocycles. The minimum absolute atomic E-state index is 0.0289. The van der Waals surface area contributed by atoms with E-state index in [-0.39, 0.29) is 35.6 Å². The molecule has 0 aliphatic rings. The zero-order valence-electron chi connectivity index (χ0n) is 9.10. The molecular weight excluding hydrogens is 254 g/mol. The molecule has 0 amide bonds. The van der Waals surface area contributed by atoms with E-state index in [4.69, 9.17) is 21.4 Å². The molecule has 1 rings (SSSR count). The summed E-state index contributed by atoms with van der Waals surface area (Å²) in [4.78, 5) is 10.3. The third-order valence-corrected chi connectivity index (χ3v) is 2.52. The number of ether oxygens (including phenoxy) is 1. The highest BCUT2D eigenvalue weighted by Crippen LogP contribution is 2.33. The van der Waals surface area contributed by atoms with Gasteiger partial charge in [0.25, 0.3) is 0 Å². The van der Waals surface area contributed by atoms with Crippen LogP contribution < -0.4 is 4.74 Å². The number of aliphatic carboxylic acids is 1. The van der Waals surface area contributed by atoms with E-state index < -0.39 is 17.6 Å². The van der Waals surface area contributed by atoms with Crippen molar-refractivity contribution >= 4 is 17.6 Å². The van der Waals surface area contributed by atoms with Crippen molar-refractivity contribution in [2.75, 3.05) is 7.11 Å². The Morgan fingerprint density at radius 1 is 1.53 bits per heavy atom. The Balaban J connectivity index is 2.99. The molecule has 0 atom stereocenters. The van der Waals surface area contributed by atoms with Crippen LogP contribution in [-0.2, 0) is 11.2 Å². The molecule has 0 unspecified atom stereocenters. The third kappa shape index (κ3) is 3.30. The van der Waals surface area contributed by atoms with Gasteiger partial charge >= 0.3 is 5.97 Å². The van der Waals surface area contributed by atoms with E-state index in [1.54, 1.807) is 0 Å². The van der Waals surface area contributed by atoms with Gasteiger partial charge in [-0.3, -0.25) is 4.79 Å². The van der Waals surface area contributed by atoms with Crippen LogP contribution in [0.4, 0.5) is 8.78 Å². The van der Waals surface area contributed by atoms with Gasteiger partial charge in [0.2, 0.25) is 0 Å². The largest absolute Gasteiger partial charge is 0.495 e. The molecule has 0 fully saturated rings. The van der Waals surface area contributed by atoms with Crippen LogP contribution in [0, 0.1) is 11.6 Å². The second-order valence-corrected chi connectivity index (χ2v) is 3.82. The van der Waals surface area contributed by atoms with Crippen molar-refractivity contribution < 1.29 is 23.4 Å². The highest BCUT2D eigenvalue weighted by atomic mass is 35.5. The molecule has 0 saturated carbocycles. The average molecular weight is 265 g/mol. The van der Waals surface area contributed by atoms with E-state index in [0.29, 0.717) is 0 Å². The summed E-state index contributed by atoms with van der Waals surface area (Å²) in [6, 6.07) is 0.830. The summed E-state index contributed by atoms with van der Waals surface area (Å²) in [5.74, 6) is -3.06. The summed E-state index contributed by atoms with van der Waals surface area (Å²) in [7, 11) is 1.29. The van der Waals surface area contributed by atoms with Gasteiger partial charge in [0.1, 0.15) is 5.75 Å². The summed E-state index contributed by atoms with van der Waals surface area (Å²) in [5.41, 5.74) is -0.0289. The van der Waals surface area contributed by atoms with Crippen molar-refractivity contribution in [2.24, 2.45) is 0 Å². The number of benzene rings is 1. The molecule has 1 N–H and O–H groups in total. The van der Waals surface area contributed by atoms with Gasteiger partial charge in [0, 0.05) is 12.0 Å². The van der Waals surface area contributed by atoms with Gasteiger partial charge in [0.05, 0.1) is 12.1 Å². The number of methoxy groups -OCH3 is 1. The molecule has 0 aliphatic carbocycles. The lowest BCUT2D eigenvalue weighted by Crippen LogP contribution is -2.02. The van der Waals surface area contributed by atoms with Crippen LogP contribution in [-0.4, -0.2) is 18.2 Å². The van der Waals surface area contributed by atoms with Crippen LogP contribution >= 0.6 is 11.6 Å². The molecule has 17 heavy (non-hydrogen) atoms. The molecule has 3 nitrogen and oxygen atoms in total. The van der Waals surface area contributed by atoms with Crippen LogP contribution in [0.25, 0.3) is 0 Å². The van der Waals surface area contributed by atoms with E-state index in [9.17, 15) is 13.6 Å². The average Bonchev–Trinajstić information content (AvgIpc) is 2.24. The van der Waals surface area contributed by atoms with E-state index in [2.05, 4.69) is 0 Å². The molecule has 0 radical (unpaired) electrons. The first kappa shape index (κ1) is 13.7. The van der Waals surface area contributed by atoms with E-state index in [0.717, 1.165) is 6.07 Å². The smallest absolute Gasteiger partial charge is 0.303 e. The van der Waals surface area contributed by atoms with Gasteiger partial charge in [-0.2, -0.15) is 0 Å². The molecule has 0 heterocycles. The standard InChI is InChI=1S/C11H11ClF2O3/c1-17-11-6(3-2-4-9(15)16)10(14)8(13)5-7(11)12/h5H,2-4H2,1H3,(H,15,16). The minimum Gasteiger partial charge on any atom is -0.495 e. The molecule has 6 heteroatoms. The molecule has 0 spiro atoms. The van der Waals surface area contributed by atoms with Gasteiger partial charge in [-0.15, -0.1) is 0 Å². The maximum absolute atomic E-state index is 13.5. The van der Waals surface area contributed by atoms with Gasteiger partial charge in [-0.25, -0.2) is 8.78 Å². The minimum atomic E-state index is -1.07. The number of rotatable bonds is 5. The van der Waals surface area contributed by atoms with Gasteiger partial charge in [0.15, 0.2) is 11.6 Å². The first-order valence-corrected chi connectivity index (χ1v) is 5.27. The lowest BCUT2D eigenvalue weighted by atomic mass is 10.1. The zero-order valence-corrected chi connectivity index (χ0v) is 9.85. The summed E-state index contributed by atoms with van der Waals surface area (Å²) in [6.07, 6.45) is 0.109. The maximum Gasteiger partial charge on any atom is 0.303 e. The quantitative estimate of drug-likeness (QED) is 0.832. The second kappa shape index (κ2) is 5.82. The summed E-state index contributed by atoms with van der Waals surface area (Å²) >= 11 is 5.70. The second-order valence-electron chi connectivity index (χ2n) is 3.41. The summed E-state index contributed by atoms with van der Waals surface area (Å²) in [6.45, 7) is 0. The van der Waals surface area contributed by atoms with Crippen molar-refractivity contribution in [1.82, 2.24) is 0 Å². The number of carboxylic acids is 1. The lowest BCUT2D eigenvalue weighted by Gasteiger charge is -2.11. The van der Waals surface area contributed by atoms with E-state index in [1.807, 2.05) is 0 Å². The fourth-order valence-electron chi connectivity index (χ4n) is 1.49.